The van der Waals surface area contributed by atoms with E-state index in [9.17, 15) is 13.6 Å². The number of carbonyl (C=O) groups excluding carboxylic acids is 1. The zero-order valence-corrected chi connectivity index (χ0v) is 12.4. The van der Waals surface area contributed by atoms with Crippen LogP contribution in [-0.2, 0) is 19.4 Å². The van der Waals surface area contributed by atoms with Gasteiger partial charge in [-0.1, -0.05) is 0 Å². The van der Waals surface area contributed by atoms with Crippen LogP contribution < -0.4 is 14.8 Å². The second-order valence-electron chi connectivity index (χ2n) is 3.21. The Hall–Kier alpha value is -1.32. The van der Waals surface area contributed by atoms with Gasteiger partial charge in [-0.15, -0.1) is 0 Å². The van der Waals surface area contributed by atoms with Gasteiger partial charge in [-0.2, -0.15) is 0 Å². The quantitative estimate of drug-likeness (QED) is 0.192. The number of phenols is 1. The predicted octanol–water partition coefficient (Wildman–Crippen LogP) is -2.62. The Labute approximate surface area is 113 Å². The largest absolute Gasteiger partial charge is 0.231 e. The molecule has 0 fully saturated rings. The first-order valence-electron chi connectivity index (χ1n) is 4.60. The monoisotopic (exact) mass is 356 g/mol. The molecule has 0 aliphatic carbocycles. The van der Waals surface area contributed by atoms with Crippen molar-refractivity contribution in [3.63, 3.8) is 0 Å². The van der Waals surface area contributed by atoms with Crippen LogP contribution >= 0.6 is 0 Å². The minimum Gasteiger partial charge on any atom is -0.231 e. The molecule has 1 amide bonds. The zero-order valence-electron chi connectivity index (χ0n) is 9.68. The van der Waals surface area contributed by atoms with Gasteiger partial charge in [0, 0.05) is 0 Å². The minimum absolute atomic E-state index is 0.00951. The molecule has 108 valence electrons. The van der Waals surface area contributed by atoms with Crippen LogP contribution in [-0.4, -0.2) is 41.8 Å². The van der Waals surface area contributed by atoms with E-state index in [-0.39, 0.29) is 15.8 Å². The third kappa shape index (κ3) is 7.65. The molecule has 1 aromatic rings. The molecule has 0 bridgehead atoms. The zero-order chi connectivity index (χ0) is 15.2. The van der Waals surface area contributed by atoms with Gasteiger partial charge in [-0.05, 0) is 0 Å². The summed E-state index contributed by atoms with van der Waals surface area (Å²) in [4.78, 5) is 10.7. The van der Waals surface area contributed by atoms with Gasteiger partial charge >= 0.3 is 88.1 Å². The van der Waals surface area contributed by atoms with Crippen molar-refractivity contribution in [3.8, 4) is 5.75 Å². The molecule has 1 aromatic carbocycles. The number of carbonyl (C=O) groups is 1. The third-order valence-corrected chi connectivity index (χ3v) is 3.62. The van der Waals surface area contributed by atoms with Gasteiger partial charge in [0.15, 0.2) is 10.9 Å². The molecule has 0 atom stereocenters. The summed E-state index contributed by atoms with van der Waals surface area (Å²) in [5, 5.41) is 15.6. The molecule has 0 heterocycles. The van der Waals surface area contributed by atoms with Gasteiger partial charge in [0.05, 0.1) is 0 Å². The van der Waals surface area contributed by atoms with E-state index in [1.807, 2.05) is 0 Å². The van der Waals surface area contributed by atoms with Gasteiger partial charge in [0.25, 0.3) is 0 Å². The molecule has 0 saturated carbocycles. The van der Waals surface area contributed by atoms with E-state index < -0.39 is 31.0 Å². The van der Waals surface area contributed by atoms with Crippen molar-refractivity contribution in [2.45, 2.75) is 6.92 Å². The van der Waals surface area contributed by atoms with E-state index in [1.54, 1.807) is 0 Å². The van der Waals surface area contributed by atoms with Crippen LogP contribution in [0.3, 0.4) is 0 Å². The smallest absolute Gasteiger partial charge is 0.198 e. The van der Waals surface area contributed by atoms with Gasteiger partial charge in [-0.25, -0.2) is 13.6 Å². The summed E-state index contributed by atoms with van der Waals surface area (Å²) < 4.78 is 46.2. The number of aromatic hydroxyl groups is 1. The van der Waals surface area contributed by atoms with Crippen molar-refractivity contribution in [1.29, 1.82) is 0 Å². The number of anilines is 1. The fourth-order valence-corrected chi connectivity index (χ4v) is 2.18. The van der Waals surface area contributed by atoms with Crippen molar-refractivity contribution in [2.75, 3.05) is 5.32 Å². The molecule has 0 aromatic heterocycles. The van der Waals surface area contributed by atoms with E-state index in [1.165, 1.54) is 6.92 Å². The number of amides is 1. The number of rotatable bonds is 2. The maximum atomic E-state index is 10.9. The molecule has 11 heteroatoms. The predicted molar refractivity (Wildman–Crippen MR) is 67.4 cm³/mol. The van der Waals surface area contributed by atoms with Crippen molar-refractivity contribution in [3.05, 3.63) is 18.2 Å². The second kappa shape index (κ2) is 7.31. The van der Waals surface area contributed by atoms with Crippen molar-refractivity contribution in [2.24, 2.45) is 5.14 Å². The van der Waals surface area contributed by atoms with Gasteiger partial charge in [0.2, 0.25) is 0 Å². The van der Waals surface area contributed by atoms with Crippen molar-refractivity contribution in [1.82, 2.24) is 0 Å². The van der Waals surface area contributed by atoms with Crippen LogP contribution in [0.4, 0.5) is 5.69 Å². The van der Waals surface area contributed by atoms with Crippen LogP contribution in [0, 0.1) is 0 Å². The average molecular weight is 356 g/mol. The molecular weight excluding hydrogens is 343 g/mol. The molecule has 0 saturated heterocycles. The van der Waals surface area contributed by atoms with E-state index in [0.717, 1.165) is 18.2 Å². The molecule has 9 nitrogen and oxygen atoms in total. The summed E-state index contributed by atoms with van der Waals surface area (Å²) in [5.74, 6) is -0.668. The van der Waals surface area contributed by atoms with E-state index >= 15 is 0 Å². The summed E-state index contributed by atoms with van der Waals surface area (Å²) in [7, 11) is -2.62. The average Bonchev–Trinajstić information content (AvgIpc) is 2.18. The Kier molecular flexibility index (Phi) is 6.80. The molecule has 0 unspecified atom stereocenters. The number of nitrogens with two attached hydrogens (primary N) is 1. The van der Waals surface area contributed by atoms with Crippen molar-refractivity contribution >= 4 is 41.0 Å². The first-order valence-corrected chi connectivity index (χ1v) is 9.22. The third-order valence-electron chi connectivity index (χ3n) is 1.63. The fraction of sp³-hybridized carbons (Fsp3) is 0.125. The van der Waals surface area contributed by atoms with Gasteiger partial charge < -0.3 is 0 Å². The number of phenolic OH excluding ortho intramolecular Hbond substituents is 1. The van der Waals surface area contributed by atoms with E-state index in [2.05, 4.69) is 10.5 Å². The molecule has 0 aliphatic rings. The molecule has 6 N–H and O–H groups in total. The number of nitrogens with one attached hydrogen (secondary N) is 1. The SMILES string of the molecule is CC(=O)Nc1cc([As](=O)(O)O)ccc1O.N[SH](=O)=O. The molecule has 0 aliphatic heterocycles. The molecule has 19 heavy (non-hydrogen) atoms. The summed E-state index contributed by atoms with van der Waals surface area (Å²) in [6.45, 7) is 1.23. The first kappa shape index (κ1) is 17.7. The molecule has 0 spiro atoms. The number of thiol groups is 1. The summed E-state index contributed by atoms with van der Waals surface area (Å²) in [6, 6.07) is 3.32. The van der Waals surface area contributed by atoms with Crippen LogP contribution in [0.1, 0.15) is 6.92 Å². The first-order chi connectivity index (χ1) is 8.54. The molecule has 0 radical (unpaired) electrons. The van der Waals surface area contributed by atoms with Gasteiger partial charge in [-0.3, -0.25) is 0 Å². The Bertz CT molecular complexity index is 572. The molecule has 1 rings (SSSR count). The van der Waals surface area contributed by atoms with Crippen molar-refractivity contribution < 1.29 is 30.2 Å². The number of benzene rings is 1. The minimum atomic E-state index is -4.98. The Morgan fingerprint density at radius 3 is 2.21 bits per heavy atom. The summed E-state index contributed by atoms with van der Waals surface area (Å²) in [6.07, 6.45) is 0. The van der Waals surface area contributed by atoms with Crippen LogP contribution in [0.2, 0.25) is 0 Å². The fourth-order valence-electron chi connectivity index (χ4n) is 0.995. The van der Waals surface area contributed by atoms with E-state index in [0.29, 0.717) is 0 Å². The normalized spacial score (nSPS) is 10.6. The maximum Gasteiger partial charge on any atom is 0.198 e. The van der Waals surface area contributed by atoms with Crippen LogP contribution in [0.15, 0.2) is 18.2 Å². The number of hydrogen-bond acceptors (Lipinski definition) is 5. The second-order valence-corrected chi connectivity index (χ2v) is 7.15. The Morgan fingerprint density at radius 1 is 1.37 bits per heavy atom. The van der Waals surface area contributed by atoms with Crippen LogP contribution in [0.5, 0.6) is 5.75 Å². The topological polar surface area (TPSA) is 167 Å². The maximum absolute atomic E-state index is 10.9. The van der Waals surface area contributed by atoms with Crippen LogP contribution in [0.25, 0.3) is 0 Å². The Morgan fingerprint density at radius 2 is 1.84 bits per heavy atom. The number of hydrogen-bond donors (Lipinski definition) is 6. The summed E-state index contributed by atoms with van der Waals surface area (Å²) in [5.41, 5.74) is -0.00951. The van der Waals surface area contributed by atoms with E-state index in [4.69, 9.17) is 16.6 Å². The molecular formula is C8H13AsN2O7S. The standard InChI is InChI=1S/C8H10AsNO5.H3NO2S/c1-5(11)10-7-4-6(9(13,14)15)2-3-8(7)12;1-4(2)3/h2-4,12H,1H3,(H,10,11)(H2,13,14,15);4H,(H2,1,2,3). The Balaban J connectivity index is 0.000000711. The summed E-state index contributed by atoms with van der Waals surface area (Å²) >= 11 is -4.98. The van der Waals surface area contributed by atoms with Gasteiger partial charge in [0.1, 0.15) is 0 Å².